The molecule has 19 heavy (non-hydrogen) atoms. The van der Waals surface area contributed by atoms with E-state index in [1.807, 2.05) is 16.8 Å². The van der Waals surface area contributed by atoms with E-state index in [1.54, 1.807) is 6.92 Å². The summed E-state index contributed by atoms with van der Waals surface area (Å²) in [4.78, 5) is 11.9. The first-order valence-corrected chi connectivity index (χ1v) is 7.20. The molecule has 2 nitrogen and oxygen atoms in total. The van der Waals surface area contributed by atoms with Crippen LogP contribution in [0.2, 0.25) is 0 Å². The summed E-state index contributed by atoms with van der Waals surface area (Å²) < 4.78 is 27.5. The molecule has 1 aromatic heterocycles. The number of rotatable bonds is 3. The predicted octanol–water partition coefficient (Wildman–Crippen LogP) is 4.28. The Bertz CT molecular complexity index is 578. The van der Waals surface area contributed by atoms with E-state index in [4.69, 9.17) is 0 Å². The fraction of sp³-hybridized carbons (Fsp3) is 0.154. The van der Waals surface area contributed by atoms with Gasteiger partial charge in [0.05, 0.1) is 6.04 Å². The number of nitrogens with one attached hydrogen (secondary N) is 1. The van der Waals surface area contributed by atoms with Gasteiger partial charge >= 0.3 is 0 Å². The van der Waals surface area contributed by atoms with Crippen LogP contribution in [0.3, 0.4) is 0 Å². The summed E-state index contributed by atoms with van der Waals surface area (Å²) in [6.07, 6.45) is 0. The number of halogens is 3. The molecule has 0 aliphatic heterocycles. The Balaban J connectivity index is 2.21. The number of carbonyl (C=O) groups is 1. The third kappa shape index (κ3) is 3.19. The van der Waals surface area contributed by atoms with E-state index >= 15 is 0 Å². The van der Waals surface area contributed by atoms with E-state index < -0.39 is 23.1 Å². The van der Waals surface area contributed by atoms with Crippen molar-refractivity contribution in [2.75, 3.05) is 0 Å². The summed E-state index contributed by atoms with van der Waals surface area (Å²) in [7, 11) is 0. The maximum Gasteiger partial charge on any atom is 0.257 e. The van der Waals surface area contributed by atoms with Gasteiger partial charge in [0.1, 0.15) is 17.2 Å². The highest BCUT2D eigenvalue weighted by molar-refractivity contribution is 9.10. The fourth-order valence-corrected chi connectivity index (χ4v) is 2.79. The number of hydrogen-bond donors (Lipinski definition) is 1. The molecule has 1 amide bonds. The van der Waals surface area contributed by atoms with Crippen LogP contribution in [0.4, 0.5) is 8.78 Å². The highest BCUT2D eigenvalue weighted by Crippen LogP contribution is 2.21. The van der Waals surface area contributed by atoms with Gasteiger partial charge in [0.15, 0.2) is 0 Å². The van der Waals surface area contributed by atoms with Gasteiger partial charge in [-0.05, 0) is 41.4 Å². The van der Waals surface area contributed by atoms with E-state index in [9.17, 15) is 13.6 Å². The molecule has 0 spiro atoms. The number of hydrogen-bond acceptors (Lipinski definition) is 2. The maximum atomic E-state index is 13.6. The van der Waals surface area contributed by atoms with Crippen molar-refractivity contribution in [1.29, 1.82) is 0 Å². The normalized spacial score (nSPS) is 12.2. The van der Waals surface area contributed by atoms with Crippen LogP contribution in [-0.4, -0.2) is 5.91 Å². The lowest BCUT2D eigenvalue weighted by Gasteiger charge is -2.13. The van der Waals surface area contributed by atoms with Gasteiger partial charge in [0.2, 0.25) is 0 Å². The smallest absolute Gasteiger partial charge is 0.257 e. The molecular weight excluding hydrogens is 336 g/mol. The van der Waals surface area contributed by atoms with Crippen LogP contribution in [-0.2, 0) is 0 Å². The molecule has 0 aliphatic carbocycles. The minimum atomic E-state index is -0.887. The van der Waals surface area contributed by atoms with Gasteiger partial charge in [0, 0.05) is 4.47 Å². The number of amides is 1. The Labute approximate surface area is 121 Å². The largest absolute Gasteiger partial charge is 0.345 e. The molecule has 1 aromatic carbocycles. The van der Waals surface area contributed by atoms with Gasteiger partial charge in [-0.3, -0.25) is 4.79 Å². The molecule has 2 rings (SSSR count). The first-order chi connectivity index (χ1) is 8.99. The van der Waals surface area contributed by atoms with Crippen molar-refractivity contribution in [2.24, 2.45) is 0 Å². The quantitative estimate of drug-likeness (QED) is 0.883. The van der Waals surface area contributed by atoms with Crippen molar-refractivity contribution in [3.05, 3.63) is 56.2 Å². The number of thiophene rings is 1. The molecule has 0 fully saturated rings. The van der Waals surface area contributed by atoms with E-state index in [-0.39, 0.29) is 10.5 Å². The molecule has 0 aliphatic rings. The topological polar surface area (TPSA) is 29.1 Å². The average molecular weight is 346 g/mol. The summed E-state index contributed by atoms with van der Waals surface area (Å²) in [6, 6.07) is 3.67. The van der Waals surface area contributed by atoms with Gasteiger partial charge in [-0.2, -0.15) is 11.3 Å². The van der Waals surface area contributed by atoms with Crippen LogP contribution in [0.25, 0.3) is 0 Å². The molecule has 1 atom stereocenters. The second-order valence-corrected chi connectivity index (χ2v) is 5.69. The van der Waals surface area contributed by atoms with E-state index in [2.05, 4.69) is 21.2 Å². The van der Waals surface area contributed by atoms with E-state index in [0.29, 0.717) is 0 Å². The molecule has 0 saturated carbocycles. The number of benzene rings is 1. The second-order valence-electron chi connectivity index (χ2n) is 4.00. The van der Waals surface area contributed by atoms with Crippen molar-refractivity contribution >= 4 is 33.2 Å². The SMILES string of the molecule is CC(NC(=O)c1c(F)cc(Br)cc1F)c1ccsc1. The molecule has 0 saturated heterocycles. The third-order valence-corrected chi connectivity index (χ3v) is 3.78. The van der Waals surface area contributed by atoms with Gasteiger partial charge in [-0.25, -0.2) is 8.78 Å². The molecular formula is C13H10BrF2NOS. The second kappa shape index (κ2) is 5.79. The van der Waals surface area contributed by atoms with Crippen LogP contribution in [0.1, 0.15) is 28.9 Å². The number of carbonyl (C=O) groups excluding carboxylic acids is 1. The van der Waals surface area contributed by atoms with Crippen molar-refractivity contribution < 1.29 is 13.6 Å². The van der Waals surface area contributed by atoms with Crippen molar-refractivity contribution in [2.45, 2.75) is 13.0 Å². The van der Waals surface area contributed by atoms with Gasteiger partial charge in [-0.15, -0.1) is 0 Å². The Morgan fingerprint density at radius 3 is 2.53 bits per heavy atom. The molecule has 1 N–H and O–H groups in total. The van der Waals surface area contributed by atoms with Gasteiger partial charge in [0.25, 0.3) is 5.91 Å². The van der Waals surface area contributed by atoms with Gasteiger partial charge < -0.3 is 5.32 Å². The third-order valence-electron chi connectivity index (χ3n) is 2.62. The molecule has 1 unspecified atom stereocenters. The summed E-state index contributed by atoms with van der Waals surface area (Å²) in [6.45, 7) is 1.76. The van der Waals surface area contributed by atoms with E-state index in [1.165, 1.54) is 11.3 Å². The van der Waals surface area contributed by atoms with Crippen LogP contribution in [0.15, 0.2) is 33.4 Å². The Morgan fingerprint density at radius 1 is 1.37 bits per heavy atom. The molecule has 1 heterocycles. The lowest BCUT2D eigenvalue weighted by molar-refractivity contribution is 0.0931. The van der Waals surface area contributed by atoms with E-state index in [0.717, 1.165) is 17.7 Å². The Kier molecular flexibility index (Phi) is 4.31. The zero-order chi connectivity index (χ0) is 14.0. The summed E-state index contributed by atoms with van der Waals surface area (Å²) in [5.41, 5.74) is 0.335. The molecule has 0 bridgehead atoms. The lowest BCUT2D eigenvalue weighted by Crippen LogP contribution is -2.28. The Morgan fingerprint density at radius 2 is 2.00 bits per heavy atom. The monoisotopic (exact) mass is 345 g/mol. The minimum Gasteiger partial charge on any atom is -0.345 e. The van der Waals surface area contributed by atoms with Gasteiger partial charge in [-0.1, -0.05) is 15.9 Å². The van der Waals surface area contributed by atoms with Crippen molar-refractivity contribution in [3.8, 4) is 0 Å². The summed E-state index contributed by atoms with van der Waals surface area (Å²) in [5, 5.41) is 6.32. The maximum absolute atomic E-state index is 13.6. The molecule has 100 valence electrons. The van der Waals surface area contributed by atoms with Crippen LogP contribution in [0.5, 0.6) is 0 Å². The van der Waals surface area contributed by atoms with Crippen molar-refractivity contribution in [3.63, 3.8) is 0 Å². The predicted molar refractivity (Wildman–Crippen MR) is 74.3 cm³/mol. The first-order valence-electron chi connectivity index (χ1n) is 5.46. The lowest BCUT2D eigenvalue weighted by atomic mass is 10.1. The van der Waals surface area contributed by atoms with Crippen LogP contribution < -0.4 is 5.32 Å². The summed E-state index contributed by atoms with van der Waals surface area (Å²) >= 11 is 4.46. The summed E-state index contributed by atoms with van der Waals surface area (Å²) in [5.74, 6) is -2.54. The molecule has 0 radical (unpaired) electrons. The standard InChI is InChI=1S/C13H10BrF2NOS/c1-7(8-2-3-19-6-8)17-13(18)12-10(15)4-9(14)5-11(12)16/h2-7H,1H3,(H,17,18). The fourth-order valence-electron chi connectivity index (χ4n) is 1.63. The van der Waals surface area contributed by atoms with Crippen LogP contribution in [0, 0.1) is 11.6 Å². The van der Waals surface area contributed by atoms with Crippen LogP contribution >= 0.6 is 27.3 Å². The minimum absolute atomic E-state index is 0.255. The average Bonchev–Trinajstić information content (AvgIpc) is 2.80. The van der Waals surface area contributed by atoms with Crippen molar-refractivity contribution in [1.82, 2.24) is 5.32 Å². The first kappa shape index (κ1) is 14.1. The molecule has 2 aromatic rings. The zero-order valence-corrected chi connectivity index (χ0v) is 12.3. The highest BCUT2D eigenvalue weighted by atomic mass is 79.9. The Hall–Kier alpha value is -1.27. The zero-order valence-electron chi connectivity index (χ0n) is 9.91. The molecule has 6 heteroatoms. The highest BCUT2D eigenvalue weighted by Gasteiger charge is 2.20.